The van der Waals surface area contributed by atoms with Crippen LogP contribution in [-0.4, -0.2) is 42.6 Å². The van der Waals surface area contributed by atoms with Crippen LogP contribution in [0.15, 0.2) is 34.1 Å². The third kappa shape index (κ3) is 3.81. The molecule has 2 N–H and O–H groups in total. The van der Waals surface area contributed by atoms with Crippen molar-refractivity contribution < 1.29 is 18.7 Å². The molecule has 0 aromatic carbocycles. The number of rotatable bonds is 5. The predicted molar refractivity (Wildman–Crippen MR) is 103 cm³/mol. The number of fused-ring (bicyclic) bond motifs is 1. The number of nitrogens with zero attached hydrogens (tertiary/aromatic N) is 1. The molecule has 3 heterocycles. The number of piperidine rings is 1. The van der Waals surface area contributed by atoms with E-state index in [9.17, 15) is 9.59 Å². The zero-order valence-electron chi connectivity index (χ0n) is 16.4. The molecule has 1 saturated heterocycles. The summed E-state index contributed by atoms with van der Waals surface area (Å²) in [6.45, 7) is 3.62. The van der Waals surface area contributed by atoms with E-state index in [1.807, 2.05) is 0 Å². The number of hydrogen-bond donors (Lipinski definition) is 2. The molecule has 7 nitrogen and oxygen atoms in total. The number of likely N-dealkylation sites (tertiary alicyclic amines) is 1. The lowest BCUT2D eigenvalue weighted by Gasteiger charge is -2.45. The Morgan fingerprint density at radius 1 is 1.29 bits per heavy atom. The lowest BCUT2D eigenvalue weighted by atomic mass is 9.78. The first-order valence-corrected chi connectivity index (χ1v) is 10.4. The van der Waals surface area contributed by atoms with Gasteiger partial charge in [0.1, 0.15) is 11.8 Å². The molecule has 3 aliphatic rings. The van der Waals surface area contributed by atoms with Gasteiger partial charge in [0.2, 0.25) is 0 Å². The SMILES string of the molecule is CCOC(=O)C1=C(CN2CCC[C@H]3CCCC[C@@H]32)NC(=O)N[C@@H]1c1ccco1. The minimum Gasteiger partial charge on any atom is -0.467 e. The first-order valence-electron chi connectivity index (χ1n) is 10.4. The second kappa shape index (κ2) is 8.39. The molecule has 28 heavy (non-hydrogen) atoms. The van der Waals surface area contributed by atoms with Gasteiger partial charge in [0.15, 0.2) is 0 Å². The molecule has 1 aromatic heterocycles. The van der Waals surface area contributed by atoms with Crippen molar-refractivity contribution in [3.63, 3.8) is 0 Å². The Kier molecular flexibility index (Phi) is 5.71. The summed E-state index contributed by atoms with van der Waals surface area (Å²) in [5.41, 5.74) is 1.07. The number of furan rings is 1. The van der Waals surface area contributed by atoms with Crippen LogP contribution in [0.5, 0.6) is 0 Å². The van der Waals surface area contributed by atoms with Crippen LogP contribution in [0.1, 0.15) is 57.3 Å². The molecule has 2 fully saturated rings. The van der Waals surface area contributed by atoms with Gasteiger partial charge in [-0.2, -0.15) is 0 Å². The fourth-order valence-electron chi connectivity index (χ4n) is 4.99. The van der Waals surface area contributed by atoms with Crippen molar-refractivity contribution >= 4 is 12.0 Å². The van der Waals surface area contributed by atoms with Crippen molar-refractivity contribution in [3.8, 4) is 0 Å². The Morgan fingerprint density at radius 3 is 2.89 bits per heavy atom. The maximum Gasteiger partial charge on any atom is 0.338 e. The van der Waals surface area contributed by atoms with E-state index in [-0.39, 0.29) is 12.6 Å². The highest BCUT2D eigenvalue weighted by molar-refractivity contribution is 5.95. The normalized spacial score (nSPS) is 28.3. The van der Waals surface area contributed by atoms with Crippen molar-refractivity contribution in [2.75, 3.05) is 19.7 Å². The van der Waals surface area contributed by atoms with Gasteiger partial charge in [0.25, 0.3) is 0 Å². The van der Waals surface area contributed by atoms with Crippen LogP contribution in [0.25, 0.3) is 0 Å². The van der Waals surface area contributed by atoms with Crippen molar-refractivity contribution in [1.29, 1.82) is 0 Å². The lowest BCUT2D eigenvalue weighted by molar-refractivity contribution is -0.139. The second-order valence-corrected chi connectivity index (χ2v) is 7.88. The topological polar surface area (TPSA) is 83.8 Å². The van der Waals surface area contributed by atoms with Crippen molar-refractivity contribution in [2.24, 2.45) is 5.92 Å². The fourth-order valence-corrected chi connectivity index (χ4v) is 4.99. The number of urea groups is 1. The highest BCUT2D eigenvalue weighted by atomic mass is 16.5. The van der Waals surface area contributed by atoms with Crippen molar-refractivity contribution in [3.05, 3.63) is 35.4 Å². The molecule has 0 bridgehead atoms. The number of hydrogen-bond acceptors (Lipinski definition) is 5. The molecular weight excluding hydrogens is 358 g/mol. The van der Waals surface area contributed by atoms with E-state index in [0.717, 1.165) is 18.9 Å². The van der Waals surface area contributed by atoms with E-state index in [1.54, 1.807) is 25.3 Å². The monoisotopic (exact) mass is 387 g/mol. The maximum absolute atomic E-state index is 12.8. The van der Waals surface area contributed by atoms with E-state index in [2.05, 4.69) is 15.5 Å². The van der Waals surface area contributed by atoms with E-state index >= 15 is 0 Å². The fraction of sp³-hybridized carbons (Fsp3) is 0.619. The number of carbonyl (C=O) groups excluding carboxylic acids is 2. The van der Waals surface area contributed by atoms with E-state index in [1.165, 1.54) is 32.1 Å². The minimum absolute atomic E-state index is 0.281. The highest BCUT2D eigenvalue weighted by Gasteiger charge is 2.38. The summed E-state index contributed by atoms with van der Waals surface area (Å²) >= 11 is 0. The first kappa shape index (κ1) is 19.1. The summed E-state index contributed by atoms with van der Waals surface area (Å²) in [5.74, 6) is 0.848. The summed E-state index contributed by atoms with van der Waals surface area (Å²) in [6, 6.07) is 3.10. The van der Waals surface area contributed by atoms with Crippen molar-refractivity contribution in [2.45, 2.75) is 57.5 Å². The summed E-state index contributed by atoms with van der Waals surface area (Å²) in [4.78, 5) is 27.6. The summed E-state index contributed by atoms with van der Waals surface area (Å²) in [5, 5.41) is 5.70. The van der Waals surface area contributed by atoms with Gasteiger partial charge >= 0.3 is 12.0 Å². The van der Waals surface area contributed by atoms with Gasteiger partial charge in [-0.3, -0.25) is 4.90 Å². The van der Waals surface area contributed by atoms with E-state index in [4.69, 9.17) is 9.15 Å². The molecule has 152 valence electrons. The Morgan fingerprint density at radius 2 is 2.11 bits per heavy atom. The zero-order chi connectivity index (χ0) is 19.5. The standard InChI is InChI=1S/C21H29N3O4/c1-2-27-20(25)18-15(22-21(26)23-19(18)17-10-6-12-28-17)13-24-11-5-8-14-7-3-4-9-16(14)24/h6,10,12,14,16,19H,2-5,7-9,11,13H2,1H3,(H2,22,23,26)/t14-,16+,19-/m1/s1. The molecule has 4 rings (SSSR count). The predicted octanol–water partition coefficient (Wildman–Crippen LogP) is 3.11. The second-order valence-electron chi connectivity index (χ2n) is 7.88. The maximum atomic E-state index is 12.8. The summed E-state index contributed by atoms with van der Waals surface area (Å²) in [7, 11) is 0. The average Bonchev–Trinajstić information content (AvgIpc) is 3.23. The van der Waals surface area contributed by atoms with Crippen LogP contribution in [0, 0.1) is 5.92 Å². The van der Waals surface area contributed by atoms with E-state index < -0.39 is 12.0 Å². The Hall–Kier alpha value is -2.28. The van der Waals surface area contributed by atoms with Gasteiger partial charge in [-0.05, 0) is 57.2 Å². The molecule has 3 atom stereocenters. The molecule has 7 heteroatoms. The number of ether oxygens (including phenoxy) is 1. The Labute approximate surface area is 165 Å². The zero-order valence-corrected chi connectivity index (χ0v) is 16.4. The molecule has 0 unspecified atom stereocenters. The third-order valence-electron chi connectivity index (χ3n) is 6.20. The quantitative estimate of drug-likeness (QED) is 0.759. The van der Waals surface area contributed by atoms with Crippen LogP contribution >= 0.6 is 0 Å². The molecule has 2 amide bonds. The van der Waals surface area contributed by atoms with Gasteiger partial charge in [-0.25, -0.2) is 9.59 Å². The highest BCUT2D eigenvalue weighted by Crippen LogP contribution is 2.36. The van der Waals surface area contributed by atoms with Crippen LogP contribution < -0.4 is 10.6 Å². The van der Waals surface area contributed by atoms with Crippen LogP contribution in [0.3, 0.4) is 0 Å². The number of nitrogens with one attached hydrogen (secondary N) is 2. The van der Waals surface area contributed by atoms with E-state index in [0.29, 0.717) is 29.6 Å². The first-order chi connectivity index (χ1) is 13.7. The molecule has 1 aliphatic carbocycles. The summed E-state index contributed by atoms with van der Waals surface area (Å²) < 4.78 is 10.8. The van der Waals surface area contributed by atoms with Gasteiger partial charge in [-0.1, -0.05) is 12.8 Å². The smallest absolute Gasteiger partial charge is 0.338 e. The largest absolute Gasteiger partial charge is 0.467 e. The number of carbonyl (C=O) groups is 2. The van der Waals surface area contributed by atoms with Gasteiger partial charge in [0, 0.05) is 18.3 Å². The Balaban J connectivity index is 1.66. The lowest BCUT2D eigenvalue weighted by Crippen LogP contribution is -2.52. The third-order valence-corrected chi connectivity index (χ3v) is 6.20. The van der Waals surface area contributed by atoms with Gasteiger partial charge in [0.05, 0.1) is 18.4 Å². The Bertz CT molecular complexity index is 741. The van der Waals surface area contributed by atoms with Crippen molar-refractivity contribution in [1.82, 2.24) is 15.5 Å². The molecule has 1 aromatic rings. The van der Waals surface area contributed by atoms with Gasteiger partial charge in [-0.15, -0.1) is 0 Å². The molecule has 0 radical (unpaired) electrons. The molecule has 1 saturated carbocycles. The van der Waals surface area contributed by atoms with Crippen LogP contribution in [0.4, 0.5) is 4.79 Å². The number of amides is 2. The van der Waals surface area contributed by atoms with Crippen LogP contribution in [-0.2, 0) is 9.53 Å². The number of esters is 1. The van der Waals surface area contributed by atoms with Crippen LogP contribution in [0.2, 0.25) is 0 Å². The molecule has 0 spiro atoms. The minimum atomic E-state index is -0.634. The van der Waals surface area contributed by atoms with Gasteiger partial charge < -0.3 is 19.8 Å². The molecular formula is C21H29N3O4. The summed E-state index contributed by atoms with van der Waals surface area (Å²) in [6.07, 6.45) is 9.04. The molecule has 2 aliphatic heterocycles. The average molecular weight is 387 g/mol.